The molecule has 0 aliphatic carbocycles. The Kier molecular flexibility index (Phi) is 58.0. The van der Waals surface area contributed by atoms with Gasteiger partial charge in [-0.1, -0.05) is 275 Å². The molecule has 0 rings (SSSR count). The second-order valence-electron chi connectivity index (χ2n) is 21.4. The van der Waals surface area contributed by atoms with Crippen molar-refractivity contribution in [3.63, 3.8) is 0 Å². The molecule has 0 bridgehead atoms. The molecule has 2 unspecified atom stereocenters. The van der Waals surface area contributed by atoms with Crippen molar-refractivity contribution in [3.05, 3.63) is 36.5 Å². The number of nitrogens with one attached hydrogen (secondary N) is 1. The first kappa shape index (κ1) is 68.1. The number of ether oxygens (including phenoxy) is 1. The highest BCUT2D eigenvalue weighted by atomic mass is 16.5. The molecule has 0 saturated heterocycles. The van der Waals surface area contributed by atoms with Crippen LogP contribution in [0.2, 0.25) is 0 Å². The lowest BCUT2D eigenvalue weighted by Crippen LogP contribution is -2.45. The Morgan fingerprint density at radius 2 is 0.714 bits per heavy atom. The number of unbranched alkanes of at least 4 members (excludes halogenated alkanes) is 41. The largest absolute Gasteiger partial charge is 0.466 e. The number of carbonyl (C=O) groups is 2. The highest BCUT2D eigenvalue weighted by Gasteiger charge is 2.20. The number of esters is 1. The van der Waals surface area contributed by atoms with E-state index in [1.165, 1.54) is 218 Å². The second kappa shape index (κ2) is 59.6. The highest BCUT2D eigenvalue weighted by molar-refractivity contribution is 5.76. The van der Waals surface area contributed by atoms with Gasteiger partial charge in [0.25, 0.3) is 0 Å². The van der Waals surface area contributed by atoms with E-state index in [1.54, 1.807) is 0 Å². The van der Waals surface area contributed by atoms with Crippen molar-refractivity contribution in [2.75, 3.05) is 13.2 Å². The molecular weight excluding hydrogens is 863 g/mol. The van der Waals surface area contributed by atoms with Gasteiger partial charge in [0.1, 0.15) is 0 Å². The predicted molar refractivity (Wildman–Crippen MR) is 306 cm³/mol. The van der Waals surface area contributed by atoms with Crippen LogP contribution >= 0.6 is 0 Å². The van der Waals surface area contributed by atoms with Gasteiger partial charge >= 0.3 is 5.97 Å². The molecule has 0 saturated carbocycles. The zero-order valence-electron chi connectivity index (χ0n) is 47.0. The Labute approximate surface area is 436 Å². The summed E-state index contributed by atoms with van der Waals surface area (Å²) in [4.78, 5) is 24.6. The van der Waals surface area contributed by atoms with Crippen molar-refractivity contribution in [1.29, 1.82) is 0 Å². The molecule has 3 N–H and O–H groups in total. The number of aliphatic hydroxyl groups excluding tert-OH is 2. The standard InChI is InChI=1S/C64H121NO5/c1-3-5-7-9-11-13-15-17-19-20-21-22-23-24-25-26-27-28-30-32-36-40-44-48-52-56-62(67)61(60-66)65-63(68)57-53-49-45-41-37-33-31-35-39-43-47-51-55-59-70-64(69)58-54-50-46-42-38-34-29-18-16-14-12-10-8-6-4-2/h12,14,18,29,33,37,61-62,66-67H,3-11,13,15-17,19-28,30-32,34-36,38-60H2,1-2H3,(H,65,68)/b14-12-,29-18-,37-33-. The van der Waals surface area contributed by atoms with Crippen LogP contribution in [0, 0.1) is 0 Å². The Hall–Kier alpha value is -1.92. The van der Waals surface area contributed by atoms with Gasteiger partial charge in [0.15, 0.2) is 0 Å². The van der Waals surface area contributed by atoms with Crippen molar-refractivity contribution < 1.29 is 24.5 Å². The first-order valence-electron chi connectivity index (χ1n) is 31.2. The van der Waals surface area contributed by atoms with Crippen LogP contribution in [0.3, 0.4) is 0 Å². The molecule has 0 aromatic rings. The van der Waals surface area contributed by atoms with E-state index in [-0.39, 0.29) is 18.5 Å². The van der Waals surface area contributed by atoms with Gasteiger partial charge < -0.3 is 20.3 Å². The van der Waals surface area contributed by atoms with Gasteiger partial charge in [0.2, 0.25) is 5.91 Å². The topological polar surface area (TPSA) is 95.9 Å². The SMILES string of the molecule is CCCCC/C=C\C/C=C\CCCCCCCC(=O)OCCCCCCCC/C=C\CCCCCC(=O)NC(CO)C(O)CCCCCCCCCCCCCCCCCCCCCCCCCCC. The molecule has 0 heterocycles. The maximum atomic E-state index is 12.5. The molecular formula is C64H121NO5. The van der Waals surface area contributed by atoms with Crippen LogP contribution in [0.1, 0.15) is 335 Å². The van der Waals surface area contributed by atoms with E-state index >= 15 is 0 Å². The predicted octanol–water partition coefficient (Wildman–Crippen LogP) is 19.6. The lowest BCUT2D eigenvalue weighted by atomic mass is 10.0. The van der Waals surface area contributed by atoms with Crippen molar-refractivity contribution in [2.45, 2.75) is 347 Å². The Morgan fingerprint density at radius 3 is 1.14 bits per heavy atom. The summed E-state index contributed by atoms with van der Waals surface area (Å²) < 4.78 is 5.46. The molecule has 0 aromatic carbocycles. The summed E-state index contributed by atoms with van der Waals surface area (Å²) in [6.45, 7) is 4.90. The maximum absolute atomic E-state index is 12.5. The lowest BCUT2D eigenvalue weighted by Gasteiger charge is -2.22. The number of amides is 1. The molecule has 70 heavy (non-hydrogen) atoms. The van der Waals surface area contributed by atoms with Gasteiger partial charge in [0, 0.05) is 12.8 Å². The summed E-state index contributed by atoms with van der Waals surface area (Å²) >= 11 is 0. The van der Waals surface area contributed by atoms with Crippen LogP contribution in [0.15, 0.2) is 36.5 Å². The van der Waals surface area contributed by atoms with E-state index in [9.17, 15) is 19.8 Å². The van der Waals surface area contributed by atoms with Gasteiger partial charge in [-0.05, 0) is 83.5 Å². The minimum Gasteiger partial charge on any atom is -0.466 e. The average molecular weight is 985 g/mol. The fourth-order valence-corrected chi connectivity index (χ4v) is 9.61. The number of allylic oxidation sites excluding steroid dienone is 6. The smallest absolute Gasteiger partial charge is 0.305 e. The van der Waals surface area contributed by atoms with Crippen molar-refractivity contribution in [2.24, 2.45) is 0 Å². The third-order valence-electron chi connectivity index (χ3n) is 14.4. The third kappa shape index (κ3) is 55.4. The van der Waals surface area contributed by atoms with Crippen LogP contribution in [0.25, 0.3) is 0 Å². The summed E-state index contributed by atoms with van der Waals surface area (Å²) in [6.07, 6.45) is 74.4. The van der Waals surface area contributed by atoms with E-state index in [0.29, 0.717) is 25.9 Å². The van der Waals surface area contributed by atoms with Crippen molar-refractivity contribution >= 4 is 11.9 Å². The van der Waals surface area contributed by atoms with Crippen LogP contribution in [0.4, 0.5) is 0 Å². The molecule has 0 aliphatic rings. The molecule has 0 fully saturated rings. The first-order chi connectivity index (χ1) is 34.5. The van der Waals surface area contributed by atoms with E-state index in [1.807, 2.05) is 0 Å². The van der Waals surface area contributed by atoms with Crippen LogP contribution in [0.5, 0.6) is 0 Å². The van der Waals surface area contributed by atoms with E-state index < -0.39 is 12.1 Å². The third-order valence-corrected chi connectivity index (χ3v) is 14.4. The summed E-state index contributed by atoms with van der Waals surface area (Å²) in [5.41, 5.74) is 0. The van der Waals surface area contributed by atoms with E-state index in [4.69, 9.17) is 4.74 Å². The Bertz CT molecular complexity index is 1130. The molecule has 1 amide bonds. The fraction of sp³-hybridized carbons (Fsp3) is 0.875. The minimum absolute atomic E-state index is 0.0259. The number of aliphatic hydroxyl groups is 2. The van der Waals surface area contributed by atoms with Gasteiger partial charge in [-0.25, -0.2) is 0 Å². The molecule has 412 valence electrons. The molecule has 6 heteroatoms. The quantitative estimate of drug-likeness (QED) is 0.0321. The maximum Gasteiger partial charge on any atom is 0.305 e. The highest BCUT2D eigenvalue weighted by Crippen LogP contribution is 2.18. The fourth-order valence-electron chi connectivity index (χ4n) is 9.61. The molecule has 0 aromatic heterocycles. The summed E-state index contributed by atoms with van der Waals surface area (Å²) in [6, 6.07) is -0.564. The molecule has 0 radical (unpaired) electrons. The number of hydrogen-bond acceptors (Lipinski definition) is 5. The van der Waals surface area contributed by atoms with Crippen LogP contribution < -0.4 is 5.32 Å². The molecule has 0 spiro atoms. The lowest BCUT2D eigenvalue weighted by molar-refractivity contribution is -0.143. The van der Waals surface area contributed by atoms with Gasteiger partial charge in [-0.15, -0.1) is 0 Å². The minimum atomic E-state index is -0.684. The van der Waals surface area contributed by atoms with Gasteiger partial charge in [0.05, 0.1) is 25.4 Å². The van der Waals surface area contributed by atoms with Crippen LogP contribution in [-0.2, 0) is 14.3 Å². The van der Waals surface area contributed by atoms with Crippen LogP contribution in [-0.4, -0.2) is 47.4 Å². The normalized spacial score (nSPS) is 12.8. The Morgan fingerprint density at radius 1 is 0.400 bits per heavy atom. The Balaban J connectivity index is 3.48. The molecule has 2 atom stereocenters. The first-order valence-corrected chi connectivity index (χ1v) is 31.2. The van der Waals surface area contributed by atoms with Crippen molar-refractivity contribution in [3.8, 4) is 0 Å². The van der Waals surface area contributed by atoms with Gasteiger partial charge in [-0.2, -0.15) is 0 Å². The number of rotatable bonds is 58. The number of carbonyl (C=O) groups excluding carboxylic acids is 2. The average Bonchev–Trinajstić information content (AvgIpc) is 3.36. The van der Waals surface area contributed by atoms with E-state index in [0.717, 1.165) is 83.5 Å². The number of hydrogen-bond donors (Lipinski definition) is 3. The monoisotopic (exact) mass is 984 g/mol. The van der Waals surface area contributed by atoms with E-state index in [2.05, 4.69) is 55.6 Å². The molecule has 6 nitrogen and oxygen atoms in total. The summed E-state index contributed by atoms with van der Waals surface area (Å²) in [5, 5.41) is 23.4. The summed E-state index contributed by atoms with van der Waals surface area (Å²) in [5.74, 6) is -0.0886. The summed E-state index contributed by atoms with van der Waals surface area (Å²) in [7, 11) is 0. The zero-order chi connectivity index (χ0) is 50.7. The zero-order valence-corrected chi connectivity index (χ0v) is 47.0. The van der Waals surface area contributed by atoms with Crippen molar-refractivity contribution in [1.82, 2.24) is 5.32 Å². The second-order valence-corrected chi connectivity index (χ2v) is 21.4. The van der Waals surface area contributed by atoms with Gasteiger partial charge in [-0.3, -0.25) is 9.59 Å². The molecule has 0 aliphatic heterocycles.